The maximum absolute atomic E-state index is 12.4. The molecule has 0 aliphatic rings. The van der Waals surface area contributed by atoms with E-state index in [9.17, 15) is 13.2 Å². The maximum Gasteiger partial charge on any atom is 0.449 e. The van der Waals surface area contributed by atoms with Crippen molar-refractivity contribution in [2.45, 2.75) is 11.1 Å². The zero-order chi connectivity index (χ0) is 12.5. The number of halogens is 3. The Hall–Kier alpha value is -1.43. The predicted molar refractivity (Wildman–Crippen MR) is 60.8 cm³/mol. The number of aromatic nitrogens is 2. The van der Waals surface area contributed by atoms with Crippen LogP contribution in [0.1, 0.15) is 5.82 Å². The Labute approximate surface area is 100 Å². The van der Waals surface area contributed by atoms with E-state index in [0.29, 0.717) is 11.3 Å². The van der Waals surface area contributed by atoms with Crippen LogP contribution in [0.15, 0.2) is 35.4 Å². The van der Waals surface area contributed by atoms with Crippen LogP contribution in [-0.4, -0.2) is 16.2 Å². The molecule has 0 bridgehead atoms. The molecule has 2 rings (SSSR count). The molecule has 17 heavy (non-hydrogen) atoms. The Morgan fingerprint density at radius 1 is 1.24 bits per heavy atom. The van der Waals surface area contributed by atoms with Crippen molar-refractivity contribution in [2.75, 3.05) is 6.26 Å². The number of nitrogens with zero attached hydrogens (tertiary/aromatic N) is 1. The molecule has 2 nitrogen and oxygen atoms in total. The Kier molecular flexibility index (Phi) is 3.15. The summed E-state index contributed by atoms with van der Waals surface area (Å²) in [7, 11) is 0. The summed E-state index contributed by atoms with van der Waals surface area (Å²) in [6.45, 7) is 0. The smallest absolute Gasteiger partial charge is 0.340 e. The summed E-state index contributed by atoms with van der Waals surface area (Å²) in [5.74, 6) is -0.969. The first-order chi connectivity index (χ1) is 8.02. The number of hydrogen-bond acceptors (Lipinski definition) is 2. The fraction of sp³-hybridized carbons (Fsp3) is 0.182. The number of rotatable bonds is 2. The van der Waals surface area contributed by atoms with Gasteiger partial charge in [-0.15, -0.1) is 11.8 Å². The molecule has 0 saturated heterocycles. The highest BCUT2D eigenvalue weighted by molar-refractivity contribution is 7.98. The van der Waals surface area contributed by atoms with Crippen LogP contribution >= 0.6 is 11.8 Å². The normalized spacial score (nSPS) is 11.8. The first-order valence-electron chi connectivity index (χ1n) is 4.78. The zero-order valence-electron chi connectivity index (χ0n) is 8.88. The summed E-state index contributed by atoms with van der Waals surface area (Å²) in [5.41, 5.74) is 1.01. The molecule has 0 unspecified atom stereocenters. The van der Waals surface area contributed by atoms with E-state index in [1.807, 2.05) is 18.4 Å². The second-order valence-corrected chi connectivity index (χ2v) is 4.18. The van der Waals surface area contributed by atoms with Crippen molar-refractivity contribution in [1.82, 2.24) is 9.97 Å². The molecule has 0 radical (unpaired) electrons. The van der Waals surface area contributed by atoms with E-state index in [1.165, 1.54) is 18.0 Å². The minimum atomic E-state index is -4.44. The molecule has 1 aromatic carbocycles. The Morgan fingerprint density at radius 2 is 1.94 bits per heavy atom. The van der Waals surface area contributed by atoms with E-state index >= 15 is 0 Å². The third-order valence-electron chi connectivity index (χ3n) is 2.23. The van der Waals surface area contributed by atoms with E-state index in [-0.39, 0.29) is 0 Å². The van der Waals surface area contributed by atoms with Gasteiger partial charge in [-0.05, 0) is 12.3 Å². The monoisotopic (exact) mass is 258 g/mol. The number of thioether (sulfide) groups is 1. The van der Waals surface area contributed by atoms with Crippen LogP contribution in [0.25, 0.3) is 11.3 Å². The van der Waals surface area contributed by atoms with E-state index in [0.717, 1.165) is 4.90 Å². The number of imidazole rings is 1. The van der Waals surface area contributed by atoms with Crippen molar-refractivity contribution < 1.29 is 13.2 Å². The Balaban J connectivity index is 2.44. The van der Waals surface area contributed by atoms with Crippen molar-refractivity contribution in [1.29, 1.82) is 0 Å². The fourth-order valence-corrected chi connectivity index (χ4v) is 2.07. The molecule has 0 spiro atoms. The fourth-order valence-electron chi connectivity index (χ4n) is 1.46. The van der Waals surface area contributed by atoms with Gasteiger partial charge in [0.1, 0.15) is 0 Å². The van der Waals surface area contributed by atoms with Gasteiger partial charge in [-0.3, -0.25) is 0 Å². The number of hydrogen-bond donors (Lipinski definition) is 1. The first kappa shape index (κ1) is 12.0. The summed E-state index contributed by atoms with van der Waals surface area (Å²) in [6.07, 6.45) is -1.29. The van der Waals surface area contributed by atoms with Crippen LogP contribution in [-0.2, 0) is 6.18 Å². The number of benzene rings is 1. The van der Waals surface area contributed by atoms with Gasteiger partial charge in [0.15, 0.2) is 0 Å². The van der Waals surface area contributed by atoms with E-state index in [4.69, 9.17) is 0 Å². The first-order valence-corrected chi connectivity index (χ1v) is 6.01. The van der Waals surface area contributed by atoms with Gasteiger partial charge >= 0.3 is 6.18 Å². The summed E-state index contributed by atoms with van der Waals surface area (Å²) in [4.78, 5) is 6.61. The second-order valence-electron chi connectivity index (χ2n) is 3.33. The van der Waals surface area contributed by atoms with Gasteiger partial charge in [0.05, 0.1) is 5.69 Å². The molecule has 90 valence electrons. The van der Waals surface area contributed by atoms with Gasteiger partial charge in [0.25, 0.3) is 0 Å². The maximum atomic E-state index is 12.4. The largest absolute Gasteiger partial charge is 0.449 e. The predicted octanol–water partition coefficient (Wildman–Crippen LogP) is 3.82. The number of nitrogens with one attached hydrogen (secondary N) is 1. The molecule has 0 atom stereocenters. The van der Waals surface area contributed by atoms with Crippen LogP contribution < -0.4 is 0 Å². The molecule has 1 N–H and O–H groups in total. The van der Waals surface area contributed by atoms with Gasteiger partial charge in [0.2, 0.25) is 5.82 Å². The topological polar surface area (TPSA) is 28.7 Å². The van der Waals surface area contributed by atoms with Crippen molar-refractivity contribution >= 4 is 11.8 Å². The number of H-pyrrole nitrogens is 1. The van der Waals surface area contributed by atoms with Gasteiger partial charge in [-0.1, -0.05) is 18.2 Å². The van der Waals surface area contributed by atoms with E-state index in [2.05, 4.69) is 9.97 Å². The van der Waals surface area contributed by atoms with Gasteiger partial charge in [-0.2, -0.15) is 13.2 Å². The molecule has 0 saturated carbocycles. The lowest BCUT2D eigenvalue weighted by molar-refractivity contribution is -0.144. The van der Waals surface area contributed by atoms with Crippen molar-refractivity contribution in [2.24, 2.45) is 0 Å². The molecule has 0 amide bonds. The van der Waals surface area contributed by atoms with Crippen molar-refractivity contribution in [3.05, 3.63) is 36.3 Å². The minimum absolute atomic E-state index is 0.308. The Bertz CT molecular complexity index is 519. The highest BCUT2D eigenvalue weighted by Gasteiger charge is 2.34. The average Bonchev–Trinajstić information content (AvgIpc) is 2.77. The minimum Gasteiger partial charge on any atom is -0.340 e. The molecule has 0 aliphatic carbocycles. The Morgan fingerprint density at radius 3 is 2.53 bits per heavy atom. The van der Waals surface area contributed by atoms with Crippen LogP contribution in [0.2, 0.25) is 0 Å². The van der Waals surface area contributed by atoms with Crippen LogP contribution in [0.5, 0.6) is 0 Å². The van der Waals surface area contributed by atoms with Gasteiger partial charge < -0.3 is 4.98 Å². The highest BCUT2D eigenvalue weighted by atomic mass is 32.2. The molecular weight excluding hydrogens is 249 g/mol. The quantitative estimate of drug-likeness (QED) is 0.829. The van der Waals surface area contributed by atoms with Crippen LogP contribution in [0, 0.1) is 0 Å². The number of aromatic amines is 1. The number of alkyl halides is 3. The molecular formula is C11H9F3N2S. The van der Waals surface area contributed by atoms with Gasteiger partial charge in [0, 0.05) is 16.7 Å². The van der Waals surface area contributed by atoms with Crippen molar-refractivity contribution in [3.8, 4) is 11.3 Å². The SMILES string of the molecule is CSc1ccccc1-c1c[nH]c(C(F)(F)F)n1. The van der Waals surface area contributed by atoms with Crippen molar-refractivity contribution in [3.63, 3.8) is 0 Å². The summed E-state index contributed by atoms with van der Waals surface area (Å²) < 4.78 is 37.2. The lowest BCUT2D eigenvalue weighted by Gasteiger charge is -2.03. The molecule has 1 heterocycles. The third kappa shape index (κ3) is 2.46. The molecule has 0 aliphatic heterocycles. The molecule has 0 fully saturated rings. The van der Waals surface area contributed by atoms with Gasteiger partial charge in [-0.25, -0.2) is 4.98 Å². The summed E-state index contributed by atoms with van der Waals surface area (Å²) in [5, 5.41) is 0. The average molecular weight is 258 g/mol. The zero-order valence-corrected chi connectivity index (χ0v) is 9.69. The second kappa shape index (κ2) is 4.44. The lowest BCUT2D eigenvalue weighted by atomic mass is 10.2. The van der Waals surface area contributed by atoms with E-state index in [1.54, 1.807) is 12.1 Å². The summed E-state index contributed by atoms with van der Waals surface area (Å²) in [6, 6.07) is 7.22. The molecule has 1 aromatic heterocycles. The van der Waals surface area contributed by atoms with Crippen LogP contribution in [0.4, 0.5) is 13.2 Å². The van der Waals surface area contributed by atoms with Crippen LogP contribution in [0.3, 0.4) is 0 Å². The summed E-state index contributed by atoms with van der Waals surface area (Å²) >= 11 is 1.47. The molecule has 6 heteroatoms. The lowest BCUT2D eigenvalue weighted by Crippen LogP contribution is -2.07. The standard InChI is InChI=1S/C11H9F3N2S/c1-17-9-5-3-2-4-7(9)8-6-15-10(16-8)11(12,13)14/h2-6H,1H3,(H,15,16). The third-order valence-corrected chi connectivity index (χ3v) is 3.03. The molecule has 2 aromatic rings. The van der Waals surface area contributed by atoms with E-state index < -0.39 is 12.0 Å². The highest BCUT2D eigenvalue weighted by Crippen LogP contribution is 2.32.